The zero-order chi connectivity index (χ0) is 21.5. The summed E-state index contributed by atoms with van der Waals surface area (Å²) >= 11 is 0. The molecule has 3 heterocycles. The zero-order valence-electron chi connectivity index (χ0n) is 17.8. The van der Waals surface area contributed by atoms with Crippen molar-refractivity contribution in [2.45, 2.75) is 56.9 Å². The summed E-state index contributed by atoms with van der Waals surface area (Å²) in [5, 5.41) is 4.55. The largest absolute Gasteiger partial charge is 0.493 e. The van der Waals surface area contributed by atoms with E-state index in [0.29, 0.717) is 44.0 Å². The number of hydrogen-bond acceptors (Lipinski definition) is 5. The lowest BCUT2D eigenvalue weighted by molar-refractivity contribution is 0.243. The van der Waals surface area contributed by atoms with Crippen molar-refractivity contribution in [3.8, 4) is 5.75 Å². The van der Waals surface area contributed by atoms with E-state index in [9.17, 15) is 13.2 Å². The molecule has 0 aliphatic carbocycles. The third-order valence-electron chi connectivity index (χ3n) is 5.94. The lowest BCUT2D eigenvalue weighted by Crippen LogP contribution is -2.40. The van der Waals surface area contributed by atoms with Crippen LogP contribution in [0.1, 0.15) is 44.9 Å². The highest BCUT2D eigenvalue weighted by molar-refractivity contribution is 7.89. The van der Waals surface area contributed by atoms with Crippen LogP contribution in [-0.4, -0.2) is 42.2 Å². The molecule has 0 radical (unpaired) electrons. The van der Waals surface area contributed by atoms with Crippen molar-refractivity contribution < 1.29 is 13.2 Å². The molecule has 2 aromatic rings. The van der Waals surface area contributed by atoms with Crippen LogP contribution in [0.4, 0.5) is 0 Å². The summed E-state index contributed by atoms with van der Waals surface area (Å²) in [5.41, 5.74) is 1.59. The Morgan fingerprint density at radius 1 is 1.13 bits per heavy atom. The van der Waals surface area contributed by atoms with E-state index < -0.39 is 10.0 Å². The Bertz CT molecular complexity index is 1090. The van der Waals surface area contributed by atoms with Crippen molar-refractivity contribution in [3.63, 3.8) is 0 Å². The Morgan fingerprint density at radius 2 is 1.87 bits per heavy atom. The van der Waals surface area contributed by atoms with Crippen molar-refractivity contribution in [3.05, 3.63) is 51.9 Å². The molecule has 0 atom stereocenters. The van der Waals surface area contributed by atoms with Crippen LogP contribution in [0.5, 0.6) is 5.75 Å². The van der Waals surface area contributed by atoms with E-state index in [0.717, 1.165) is 23.4 Å². The van der Waals surface area contributed by atoms with Crippen molar-refractivity contribution in [1.29, 1.82) is 0 Å². The summed E-state index contributed by atoms with van der Waals surface area (Å²) in [4.78, 5) is 12.6. The molecule has 30 heavy (non-hydrogen) atoms. The first kappa shape index (κ1) is 21.1. The predicted octanol–water partition coefficient (Wildman–Crippen LogP) is 2.58. The summed E-state index contributed by atoms with van der Waals surface area (Å²) in [6, 6.07) is 8.49. The molecule has 0 spiro atoms. The molecule has 162 valence electrons. The summed E-state index contributed by atoms with van der Waals surface area (Å²) in [6.45, 7) is 8.24. The SMILES string of the molecule is CC(C)(C)c1ccc(=O)n(CC2CCN(S(=O)(=O)c3ccc4c(c3)CCO4)CC2)n1. The third kappa shape index (κ3) is 4.16. The molecule has 0 saturated carbocycles. The molecule has 1 aromatic carbocycles. The number of sulfonamides is 1. The minimum Gasteiger partial charge on any atom is -0.493 e. The van der Waals surface area contributed by atoms with Crippen LogP contribution >= 0.6 is 0 Å². The highest BCUT2D eigenvalue weighted by atomic mass is 32.2. The van der Waals surface area contributed by atoms with Crippen molar-refractivity contribution >= 4 is 10.0 Å². The fourth-order valence-electron chi connectivity index (χ4n) is 4.03. The number of nitrogens with zero attached hydrogens (tertiary/aromatic N) is 3. The van der Waals surface area contributed by atoms with Crippen LogP contribution in [0.25, 0.3) is 0 Å². The number of fused-ring (bicyclic) bond motifs is 1. The average molecular weight is 432 g/mol. The van der Waals surface area contributed by atoms with Crippen LogP contribution in [-0.2, 0) is 28.4 Å². The maximum absolute atomic E-state index is 13.1. The number of benzene rings is 1. The van der Waals surface area contributed by atoms with Gasteiger partial charge in [-0.05, 0) is 48.6 Å². The number of ether oxygens (including phenoxy) is 1. The van der Waals surface area contributed by atoms with Gasteiger partial charge in [-0.2, -0.15) is 9.40 Å². The van der Waals surface area contributed by atoms with E-state index in [1.807, 2.05) is 0 Å². The molecule has 1 aromatic heterocycles. The molecule has 0 N–H and O–H groups in total. The molecular formula is C22H29N3O4S. The minimum atomic E-state index is -3.52. The fraction of sp³-hybridized carbons (Fsp3) is 0.545. The highest BCUT2D eigenvalue weighted by Crippen LogP contribution is 2.30. The second kappa shape index (κ2) is 7.81. The zero-order valence-corrected chi connectivity index (χ0v) is 18.6. The summed E-state index contributed by atoms with van der Waals surface area (Å²) in [5.74, 6) is 1.01. The number of rotatable bonds is 4. The maximum Gasteiger partial charge on any atom is 0.266 e. The lowest BCUT2D eigenvalue weighted by Gasteiger charge is -2.31. The van der Waals surface area contributed by atoms with Gasteiger partial charge >= 0.3 is 0 Å². The van der Waals surface area contributed by atoms with Crippen molar-refractivity contribution in [2.24, 2.45) is 5.92 Å². The Kier molecular flexibility index (Phi) is 5.48. The molecule has 0 bridgehead atoms. The van der Waals surface area contributed by atoms with E-state index >= 15 is 0 Å². The third-order valence-corrected chi connectivity index (χ3v) is 7.83. The van der Waals surface area contributed by atoms with Gasteiger partial charge in [-0.15, -0.1) is 0 Å². The van der Waals surface area contributed by atoms with Crippen LogP contribution < -0.4 is 10.3 Å². The first-order valence-electron chi connectivity index (χ1n) is 10.5. The topological polar surface area (TPSA) is 81.5 Å². The van der Waals surface area contributed by atoms with Gasteiger partial charge in [0.1, 0.15) is 5.75 Å². The molecule has 4 rings (SSSR count). The molecule has 7 nitrogen and oxygen atoms in total. The fourth-order valence-corrected chi connectivity index (χ4v) is 5.55. The van der Waals surface area contributed by atoms with Crippen LogP contribution in [0.3, 0.4) is 0 Å². The van der Waals surface area contributed by atoms with Crippen molar-refractivity contribution in [2.75, 3.05) is 19.7 Å². The first-order chi connectivity index (χ1) is 14.1. The Hall–Kier alpha value is -2.19. The van der Waals surface area contributed by atoms with Gasteiger partial charge in [0, 0.05) is 37.5 Å². The van der Waals surface area contributed by atoms with Gasteiger partial charge in [0.25, 0.3) is 5.56 Å². The van der Waals surface area contributed by atoms with E-state index in [1.165, 1.54) is 4.68 Å². The molecule has 8 heteroatoms. The van der Waals surface area contributed by atoms with Crippen LogP contribution in [0.2, 0.25) is 0 Å². The van der Waals surface area contributed by atoms with E-state index in [-0.39, 0.29) is 16.9 Å². The Balaban J connectivity index is 1.44. The van der Waals surface area contributed by atoms with E-state index in [2.05, 4.69) is 25.9 Å². The molecular weight excluding hydrogens is 402 g/mol. The highest BCUT2D eigenvalue weighted by Gasteiger charge is 2.31. The molecule has 1 fully saturated rings. The van der Waals surface area contributed by atoms with Gasteiger partial charge in [-0.25, -0.2) is 13.1 Å². The molecule has 2 aliphatic heterocycles. The Labute approximate surface area is 177 Å². The van der Waals surface area contributed by atoms with Gasteiger partial charge in [0.05, 0.1) is 17.2 Å². The number of piperidine rings is 1. The van der Waals surface area contributed by atoms with Gasteiger partial charge < -0.3 is 4.74 Å². The minimum absolute atomic E-state index is 0.113. The van der Waals surface area contributed by atoms with E-state index in [1.54, 1.807) is 34.6 Å². The second-order valence-electron chi connectivity index (χ2n) is 9.20. The maximum atomic E-state index is 13.1. The van der Waals surface area contributed by atoms with Gasteiger partial charge in [0.2, 0.25) is 10.0 Å². The quantitative estimate of drug-likeness (QED) is 0.743. The summed E-state index contributed by atoms with van der Waals surface area (Å²) in [7, 11) is -3.52. The summed E-state index contributed by atoms with van der Waals surface area (Å²) in [6.07, 6.45) is 2.17. The number of aromatic nitrogens is 2. The molecule has 0 unspecified atom stereocenters. The number of hydrogen-bond donors (Lipinski definition) is 0. The van der Waals surface area contributed by atoms with Gasteiger partial charge in [-0.1, -0.05) is 20.8 Å². The lowest BCUT2D eigenvalue weighted by atomic mass is 9.92. The molecule has 1 saturated heterocycles. The standard InChI is InChI=1S/C22H29N3O4S/c1-22(2,3)20-6-7-21(26)25(23-20)15-16-8-11-24(12-9-16)30(27,28)18-4-5-19-17(14-18)10-13-29-19/h4-7,14,16H,8-13,15H2,1-3H3. The molecule has 0 amide bonds. The normalized spacial score (nSPS) is 18.2. The van der Waals surface area contributed by atoms with Gasteiger partial charge in [-0.3, -0.25) is 4.79 Å². The van der Waals surface area contributed by atoms with E-state index in [4.69, 9.17) is 4.74 Å². The average Bonchev–Trinajstić information content (AvgIpc) is 3.17. The predicted molar refractivity (Wildman–Crippen MR) is 114 cm³/mol. The van der Waals surface area contributed by atoms with Gasteiger partial charge in [0.15, 0.2) is 0 Å². The first-order valence-corrected chi connectivity index (χ1v) is 11.9. The van der Waals surface area contributed by atoms with Crippen LogP contribution in [0, 0.1) is 5.92 Å². The Morgan fingerprint density at radius 3 is 2.57 bits per heavy atom. The van der Waals surface area contributed by atoms with Crippen LogP contribution in [0.15, 0.2) is 40.0 Å². The monoisotopic (exact) mass is 431 g/mol. The smallest absolute Gasteiger partial charge is 0.266 e. The second-order valence-corrected chi connectivity index (χ2v) is 11.1. The summed E-state index contributed by atoms with van der Waals surface area (Å²) < 4.78 is 34.7. The molecule has 2 aliphatic rings. The van der Waals surface area contributed by atoms with Crippen molar-refractivity contribution in [1.82, 2.24) is 14.1 Å².